The van der Waals surface area contributed by atoms with Gasteiger partial charge in [-0.15, -0.1) is 0 Å². The second kappa shape index (κ2) is 8.49. The average Bonchev–Trinajstić information content (AvgIpc) is 2.83. The average molecular weight is 405 g/mol. The Hall–Kier alpha value is -1.12. The van der Waals surface area contributed by atoms with Gasteiger partial charge in [0.2, 0.25) is 0 Å². The molecule has 1 unspecified atom stereocenters. The third kappa shape index (κ3) is 4.84. The van der Waals surface area contributed by atoms with E-state index in [1.54, 1.807) is 19.9 Å². The lowest BCUT2D eigenvalue weighted by atomic mass is 9.98. The highest BCUT2D eigenvalue weighted by Crippen LogP contribution is 2.46. The Bertz CT molecular complexity index is 756. The monoisotopic (exact) mass is 405 g/mol. The fourth-order valence-electron chi connectivity index (χ4n) is 2.87. The molecule has 0 spiro atoms. The van der Waals surface area contributed by atoms with Gasteiger partial charge in [0, 0.05) is 24.1 Å². The van der Waals surface area contributed by atoms with Crippen LogP contribution < -0.4 is 10.8 Å². The summed E-state index contributed by atoms with van der Waals surface area (Å²) in [4.78, 5) is 15.9. The Balaban J connectivity index is 2.15. The van der Waals surface area contributed by atoms with E-state index in [1.165, 1.54) is 6.20 Å². The molecule has 8 nitrogen and oxygen atoms in total. The smallest absolute Gasteiger partial charge is 0.349 e. The van der Waals surface area contributed by atoms with Gasteiger partial charge in [-0.05, 0) is 33.3 Å². The van der Waals surface area contributed by atoms with Crippen LogP contribution in [-0.4, -0.2) is 51.3 Å². The highest BCUT2D eigenvalue weighted by atomic mass is 31.2. The Morgan fingerprint density at radius 1 is 1.56 bits per heavy atom. The highest BCUT2D eigenvalue weighted by Gasteiger charge is 2.55. The number of rotatable bonds is 8. The van der Waals surface area contributed by atoms with E-state index >= 15 is 4.39 Å². The van der Waals surface area contributed by atoms with E-state index in [9.17, 15) is 14.5 Å². The second-order valence-electron chi connectivity index (χ2n) is 7.11. The maximum Gasteiger partial charge on any atom is 0.349 e. The van der Waals surface area contributed by atoms with Crippen LogP contribution >= 0.6 is 7.52 Å². The Labute approximate surface area is 158 Å². The van der Waals surface area contributed by atoms with Crippen molar-refractivity contribution in [3.05, 3.63) is 28.4 Å². The topological polar surface area (TPSA) is 103 Å². The number of nitrogens with zero attached hydrogens (tertiary/aromatic N) is 2. The zero-order valence-corrected chi connectivity index (χ0v) is 17.3. The summed E-state index contributed by atoms with van der Waals surface area (Å²) < 4.78 is 40.1. The minimum Gasteiger partial charge on any atom is -0.387 e. The number of aryl methyl sites for hydroxylation is 1. The number of nitrogens with one attached hydrogen (secondary N) is 1. The van der Waals surface area contributed by atoms with Gasteiger partial charge in [-0.2, -0.15) is 4.98 Å². The Morgan fingerprint density at radius 3 is 2.78 bits per heavy atom. The van der Waals surface area contributed by atoms with Crippen LogP contribution in [0.3, 0.4) is 0 Å². The fourth-order valence-corrected chi connectivity index (χ4v) is 4.55. The normalized spacial score (nSPS) is 31.6. The largest absolute Gasteiger partial charge is 0.387 e. The molecule has 10 heteroatoms. The van der Waals surface area contributed by atoms with Gasteiger partial charge in [-0.3, -0.25) is 9.13 Å². The highest BCUT2D eigenvalue weighted by molar-refractivity contribution is 7.56. The molecule has 0 radical (unpaired) electrons. The molecule has 1 aliphatic rings. The van der Waals surface area contributed by atoms with E-state index in [-0.39, 0.29) is 18.8 Å². The first-order valence-corrected chi connectivity index (χ1v) is 10.9. The molecule has 2 N–H and O–H groups in total. The Kier molecular flexibility index (Phi) is 6.97. The van der Waals surface area contributed by atoms with Crippen molar-refractivity contribution in [3.8, 4) is 0 Å². The van der Waals surface area contributed by atoms with E-state index < -0.39 is 37.3 Å². The molecular weight excluding hydrogens is 376 g/mol. The quantitative estimate of drug-likeness (QED) is 0.639. The minimum atomic E-state index is -3.15. The van der Waals surface area contributed by atoms with Crippen LogP contribution in [0.4, 0.5) is 4.39 Å². The number of aromatic nitrogens is 2. The molecule has 1 aromatic rings. The SMILES string of the molecule is CC[C@H](C)NP(=O)(CC)OC[C@H]1O[C@@H](n2ccc(C)nc2=O)[C@](C)(F)[C@@H]1O. The van der Waals surface area contributed by atoms with Crippen molar-refractivity contribution in [1.29, 1.82) is 0 Å². The van der Waals surface area contributed by atoms with Crippen LogP contribution in [0.5, 0.6) is 0 Å². The first kappa shape index (κ1) is 22.2. The molecule has 1 saturated heterocycles. The lowest BCUT2D eigenvalue weighted by molar-refractivity contribution is -0.0585. The molecule has 0 saturated carbocycles. The molecule has 2 rings (SSSR count). The molecule has 1 aliphatic heterocycles. The molecule has 6 atom stereocenters. The molecular formula is C17H29FN3O5P. The van der Waals surface area contributed by atoms with Gasteiger partial charge in [0.25, 0.3) is 7.52 Å². The molecule has 0 aromatic carbocycles. The van der Waals surface area contributed by atoms with Gasteiger partial charge in [-0.25, -0.2) is 14.3 Å². The third-order valence-corrected chi connectivity index (χ3v) is 7.06. The van der Waals surface area contributed by atoms with Crippen LogP contribution in [0, 0.1) is 6.92 Å². The van der Waals surface area contributed by atoms with Gasteiger partial charge in [0.1, 0.15) is 12.2 Å². The van der Waals surface area contributed by atoms with Gasteiger partial charge >= 0.3 is 5.69 Å². The zero-order valence-electron chi connectivity index (χ0n) is 16.4. The molecule has 0 bridgehead atoms. The van der Waals surface area contributed by atoms with Crippen molar-refractivity contribution in [2.45, 2.75) is 71.2 Å². The maximum atomic E-state index is 15.1. The zero-order chi connectivity index (χ0) is 20.4. The van der Waals surface area contributed by atoms with Crippen molar-refractivity contribution in [2.24, 2.45) is 0 Å². The molecule has 27 heavy (non-hydrogen) atoms. The molecule has 1 aromatic heterocycles. The van der Waals surface area contributed by atoms with Crippen molar-refractivity contribution >= 4 is 7.52 Å². The van der Waals surface area contributed by atoms with Crippen LogP contribution in [0.1, 0.15) is 46.0 Å². The number of ether oxygens (including phenoxy) is 1. The number of aliphatic hydroxyl groups excluding tert-OH is 1. The number of hydrogen-bond acceptors (Lipinski definition) is 6. The number of halogens is 1. The number of aliphatic hydroxyl groups is 1. The summed E-state index contributed by atoms with van der Waals surface area (Å²) in [6.45, 7) is 8.10. The van der Waals surface area contributed by atoms with Crippen LogP contribution in [0.15, 0.2) is 17.1 Å². The maximum absolute atomic E-state index is 15.1. The predicted octanol–water partition coefficient (Wildman–Crippen LogP) is 2.16. The standard InChI is InChI=1S/C17H29FN3O5P/c1-6-11(3)20-27(24,7-2)25-10-13-14(22)17(5,18)15(26-13)21-9-8-12(4)19-16(21)23/h8-9,11,13-15,22H,6-7,10H2,1-5H3,(H,20,24)/t11-,13+,14+,15+,17+,27?/m0/s1. The van der Waals surface area contributed by atoms with Crippen molar-refractivity contribution in [3.63, 3.8) is 0 Å². The van der Waals surface area contributed by atoms with Crippen LogP contribution in [0.25, 0.3) is 0 Å². The second-order valence-corrected chi connectivity index (χ2v) is 9.60. The van der Waals surface area contributed by atoms with Gasteiger partial charge < -0.3 is 14.4 Å². The van der Waals surface area contributed by atoms with Crippen molar-refractivity contribution in [1.82, 2.24) is 14.6 Å². The van der Waals surface area contributed by atoms with Crippen molar-refractivity contribution in [2.75, 3.05) is 12.8 Å². The number of alkyl halides is 1. The molecule has 0 amide bonds. The van der Waals surface area contributed by atoms with E-state index in [0.29, 0.717) is 5.69 Å². The number of hydrogen-bond donors (Lipinski definition) is 2. The first-order chi connectivity index (χ1) is 12.5. The van der Waals surface area contributed by atoms with E-state index in [1.807, 2.05) is 13.8 Å². The molecule has 0 aliphatic carbocycles. The fraction of sp³-hybridized carbons (Fsp3) is 0.765. The summed E-state index contributed by atoms with van der Waals surface area (Å²) in [6.07, 6.45) is -1.58. The minimum absolute atomic E-state index is 0.0124. The summed E-state index contributed by atoms with van der Waals surface area (Å²) in [5.74, 6) is 0. The van der Waals surface area contributed by atoms with Gasteiger partial charge in [0.05, 0.1) is 6.61 Å². The predicted molar refractivity (Wildman–Crippen MR) is 99.7 cm³/mol. The first-order valence-electron chi connectivity index (χ1n) is 9.13. The van der Waals surface area contributed by atoms with Crippen LogP contribution in [-0.2, 0) is 13.8 Å². The van der Waals surface area contributed by atoms with E-state index in [0.717, 1.165) is 17.9 Å². The summed E-state index contributed by atoms with van der Waals surface area (Å²) in [7, 11) is -3.15. The van der Waals surface area contributed by atoms with Crippen LogP contribution in [0.2, 0.25) is 0 Å². The summed E-state index contributed by atoms with van der Waals surface area (Å²) in [5.41, 5.74) is -2.42. The van der Waals surface area contributed by atoms with Crippen molar-refractivity contribution < 1.29 is 23.3 Å². The van der Waals surface area contributed by atoms with E-state index in [2.05, 4.69) is 10.1 Å². The summed E-state index contributed by atoms with van der Waals surface area (Å²) in [5, 5.41) is 13.3. The molecule has 1 fully saturated rings. The third-order valence-electron chi connectivity index (χ3n) is 4.83. The Morgan fingerprint density at radius 2 is 2.22 bits per heavy atom. The summed E-state index contributed by atoms with van der Waals surface area (Å²) >= 11 is 0. The van der Waals surface area contributed by atoms with E-state index in [4.69, 9.17) is 9.26 Å². The lowest BCUT2D eigenvalue weighted by Gasteiger charge is -2.25. The summed E-state index contributed by atoms with van der Waals surface area (Å²) in [6, 6.07) is 1.54. The lowest BCUT2D eigenvalue weighted by Crippen LogP contribution is -2.43. The molecule has 2 heterocycles. The van der Waals surface area contributed by atoms with Gasteiger partial charge in [-0.1, -0.05) is 13.8 Å². The molecule has 154 valence electrons. The van der Waals surface area contributed by atoms with Gasteiger partial charge in [0.15, 0.2) is 11.9 Å².